The molecule has 1 unspecified atom stereocenters. The minimum absolute atomic E-state index is 0.354. The van der Waals surface area contributed by atoms with Gasteiger partial charge in [0.15, 0.2) is 0 Å². The number of hydrogen-bond donors (Lipinski definition) is 1. The highest BCUT2D eigenvalue weighted by atomic mass is 16.5. The van der Waals surface area contributed by atoms with Crippen molar-refractivity contribution in [1.82, 2.24) is 0 Å². The third-order valence-corrected chi connectivity index (χ3v) is 4.63. The molecule has 0 spiro atoms. The Hall–Kier alpha value is -4.06. The summed E-state index contributed by atoms with van der Waals surface area (Å²) in [6.45, 7) is 2.36. The molecule has 6 heteroatoms. The predicted octanol–water partition coefficient (Wildman–Crippen LogP) is 4.95. The van der Waals surface area contributed by atoms with Crippen LogP contribution in [-0.4, -0.2) is 12.5 Å². The van der Waals surface area contributed by atoms with Crippen molar-refractivity contribution in [2.24, 2.45) is 0 Å². The molecule has 0 aliphatic rings. The van der Waals surface area contributed by atoms with Gasteiger partial charge in [0.2, 0.25) is 6.10 Å². The Labute approximate surface area is 179 Å². The van der Waals surface area contributed by atoms with Gasteiger partial charge in [0.05, 0.1) is 12.3 Å². The summed E-state index contributed by atoms with van der Waals surface area (Å²) in [7, 11) is 0. The molecule has 1 amide bonds. The molecule has 0 saturated carbocycles. The fourth-order valence-electron chi connectivity index (χ4n) is 3.20. The van der Waals surface area contributed by atoms with Gasteiger partial charge in [-0.1, -0.05) is 42.5 Å². The first-order valence-electron chi connectivity index (χ1n) is 9.92. The molecule has 0 aliphatic carbocycles. The summed E-state index contributed by atoms with van der Waals surface area (Å²) < 4.78 is 16.9. The van der Waals surface area contributed by atoms with E-state index in [2.05, 4.69) is 5.32 Å². The Bertz CT molecular complexity index is 1250. The highest BCUT2D eigenvalue weighted by Gasteiger charge is 2.24. The molecule has 3 aromatic carbocycles. The van der Waals surface area contributed by atoms with Gasteiger partial charge in [-0.15, -0.1) is 0 Å². The summed E-state index contributed by atoms with van der Waals surface area (Å²) in [5.41, 5.74) is 1.18. The van der Waals surface area contributed by atoms with Crippen LogP contribution in [0.25, 0.3) is 11.0 Å². The molecule has 156 valence electrons. The summed E-state index contributed by atoms with van der Waals surface area (Å²) in [6.07, 6.45) is -0.927. The molecular weight excluding hydrogens is 394 g/mol. The van der Waals surface area contributed by atoms with E-state index in [1.807, 2.05) is 49.4 Å². The molecule has 6 nitrogen and oxygen atoms in total. The number of anilines is 1. The normalized spacial score (nSPS) is 11.6. The third kappa shape index (κ3) is 4.75. The van der Waals surface area contributed by atoms with Crippen molar-refractivity contribution in [2.45, 2.75) is 13.0 Å². The summed E-state index contributed by atoms with van der Waals surface area (Å²) in [5, 5.41) is 3.66. The second kappa shape index (κ2) is 9.17. The molecule has 1 aromatic heterocycles. The first-order chi connectivity index (χ1) is 15.1. The Morgan fingerprint density at radius 1 is 0.968 bits per heavy atom. The molecule has 0 aliphatic heterocycles. The smallest absolute Gasteiger partial charge is 0.336 e. The molecule has 0 saturated heterocycles. The lowest BCUT2D eigenvalue weighted by Gasteiger charge is -2.20. The average molecular weight is 415 g/mol. The van der Waals surface area contributed by atoms with E-state index in [1.165, 1.54) is 6.07 Å². The lowest BCUT2D eigenvalue weighted by molar-refractivity contribution is -0.123. The Balaban J connectivity index is 1.65. The van der Waals surface area contributed by atoms with Gasteiger partial charge in [-0.2, -0.15) is 0 Å². The van der Waals surface area contributed by atoms with Crippen molar-refractivity contribution < 1.29 is 18.7 Å². The van der Waals surface area contributed by atoms with E-state index >= 15 is 0 Å². The number of benzene rings is 3. The van der Waals surface area contributed by atoms with Crippen LogP contribution in [0.4, 0.5) is 5.69 Å². The summed E-state index contributed by atoms with van der Waals surface area (Å²) in [4.78, 5) is 24.8. The van der Waals surface area contributed by atoms with Crippen molar-refractivity contribution in [2.75, 3.05) is 11.9 Å². The highest BCUT2D eigenvalue weighted by molar-refractivity contribution is 5.96. The summed E-state index contributed by atoms with van der Waals surface area (Å²) in [6, 6.07) is 24.6. The highest BCUT2D eigenvalue weighted by Crippen LogP contribution is 2.29. The molecule has 1 atom stereocenters. The molecule has 0 radical (unpaired) electrons. The molecule has 1 N–H and O–H groups in total. The van der Waals surface area contributed by atoms with Crippen LogP contribution >= 0.6 is 0 Å². The van der Waals surface area contributed by atoms with Gasteiger partial charge in [-0.05, 0) is 37.3 Å². The number of hydrogen-bond acceptors (Lipinski definition) is 5. The van der Waals surface area contributed by atoms with Crippen molar-refractivity contribution >= 4 is 22.6 Å². The van der Waals surface area contributed by atoms with Crippen LogP contribution in [0.15, 0.2) is 94.1 Å². The number of carbonyl (C=O) groups is 1. The molecule has 4 rings (SSSR count). The summed E-state index contributed by atoms with van der Waals surface area (Å²) >= 11 is 0. The molecule has 0 fully saturated rings. The standard InChI is InChI=1S/C25H21NO5/c1-2-29-21-11-7-6-10-20(21)26-25(28)24(18-8-4-3-5-9-18)30-19-14-12-17-13-15-23(27)31-22(17)16-19/h3-16,24H,2H2,1H3,(H,26,28). The van der Waals surface area contributed by atoms with Gasteiger partial charge >= 0.3 is 5.63 Å². The predicted molar refractivity (Wildman–Crippen MR) is 119 cm³/mol. The largest absolute Gasteiger partial charge is 0.492 e. The minimum Gasteiger partial charge on any atom is -0.492 e. The van der Waals surface area contributed by atoms with Crippen LogP contribution in [0.2, 0.25) is 0 Å². The van der Waals surface area contributed by atoms with Gasteiger partial charge in [0, 0.05) is 23.1 Å². The Morgan fingerprint density at radius 3 is 2.52 bits per heavy atom. The maximum atomic E-state index is 13.2. The van der Waals surface area contributed by atoms with E-state index in [9.17, 15) is 9.59 Å². The maximum Gasteiger partial charge on any atom is 0.336 e. The van der Waals surface area contributed by atoms with Gasteiger partial charge < -0.3 is 19.2 Å². The zero-order valence-corrected chi connectivity index (χ0v) is 16.9. The van der Waals surface area contributed by atoms with Gasteiger partial charge in [0.25, 0.3) is 5.91 Å². The molecular formula is C25H21NO5. The zero-order chi connectivity index (χ0) is 21.6. The van der Waals surface area contributed by atoms with E-state index in [0.717, 1.165) is 5.39 Å². The second-order valence-corrected chi connectivity index (χ2v) is 6.78. The van der Waals surface area contributed by atoms with Crippen LogP contribution in [-0.2, 0) is 4.79 Å². The number of nitrogens with one attached hydrogen (secondary N) is 1. The molecule has 0 bridgehead atoms. The minimum atomic E-state index is -0.927. The SMILES string of the molecule is CCOc1ccccc1NC(=O)C(Oc1ccc2ccc(=O)oc2c1)c1ccccc1. The lowest BCUT2D eigenvalue weighted by Crippen LogP contribution is -2.26. The number of carbonyl (C=O) groups excluding carboxylic acids is 1. The quantitative estimate of drug-likeness (QED) is 0.432. The third-order valence-electron chi connectivity index (χ3n) is 4.63. The fourth-order valence-corrected chi connectivity index (χ4v) is 3.20. The number of fused-ring (bicyclic) bond motifs is 1. The fraction of sp³-hybridized carbons (Fsp3) is 0.120. The first-order valence-corrected chi connectivity index (χ1v) is 9.92. The number of rotatable bonds is 7. The monoisotopic (exact) mass is 415 g/mol. The van der Waals surface area contributed by atoms with E-state index in [1.54, 1.807) is 36.4 Å². The van der Waals surface area contributed by atoms with Crippen LogP contribution < -0.4 is 20.4 Å². The van der Waals surface area contributed by atoms with Gasteiger partial charge in [-0.25, -0.2) is 4.79 Å². The Morgan fingerprint density at radius 2 is 1.71 bits per heavy atom. The van der Waals surface area contributed by atoms with Crippen molar-refractivity contribution in [3.63, 3.8) is 0 Å². The lowest BCUT2D eigenvalue weighted by atomic mass is 10.1. The summed E-state index contributed by atoms with van der Waals surface area (Å²) in [5.74, 6) is 0.634. The topological polar surface area (TPSA) is 77.8 Å². The van der Waals surface area contributed by atoms with Crippen molar-refractivity contribution in [3.05, 3.63) is 101 Å². The number of amides is 1. The van der Waals surface area contributed by atoms with E-state index < -0.39 is 11.7 Å². The van der Waals surface area contributed by atoms with Gasteiger partial charge in [0.1, 0.15) is 17.1 Å². The molecule has 1 heterocycles. The van der Waals surface area contributed by atoms with Crippen LogP contribution in [0.3, 0.4) is 0 Å². The van der Waals surface area contributed by atoms with E-state index in [-0.39, 0.29) is 5.91 Å². The van der Waals surface area contributed by atoms with E-state index in [0.29, 0.717) is 34.9 Å². The van der Waals surface area contributed by atoms with Crippen LogP contribution in [0.5, 0.6) is 11.5 Å². The number of para-hydroxylation sites is 2. The molecule has 4 aromatic rings. The Kier molecular flexibility index (Phi) is 5.98. The van der Waals surface area contributed by atoms with Crippen molar-refractivity contribution in [3.8, 4) is 11.5 Å². The molecule has 31 heavy (non-hydrogen) atoms. The van der Waals surface area contributed by atoms with Crippen molar-refractivity contribution in [1.29, 1.82) is 0 Å². The maximum absolute atomic E-state index is 13.2. The number of ether oxygens (including phenoxy) is 2. The average Bonchev–Trinajstić information content (AvgIpc) is 2.79. The van der Waals surface area contributed by atoms with Crippen LogP contribution in [0, 0.1) is 0 Å². The second-order valence-electron chi connectivity index (χ2n) is 6.78. The van der Waals surface area contributed by atoms with Gasteiger partial charge in [-0.3, -0.25) is 4.79 Å². The van der Waals surface area contributed by atoms with E-state index in [4.69, 9.17) is 13.9 Å². The first kappa shape index (κ1) is 20.2. The zero-order valence-electron chi connectivity index (χ0n) is 16.9. The van der Waals surface area contributed by atoms with Crippen LogP contribution in [0.1, 0.15) is 18.6 Å².